The van der Waals surface area contributed by atoms with Crippen molar-refractivity contribution in [2.24, 2.45) is 23.2 Å². The maximum absolute atomic E-state index is 13.6. The van der Waals surface area contributed by atoms with Gasteiger partial charge in [0.15, 0.2) is 0 Å². The minimum absolute atomic E-state index is 0.0204. The van der Waals surface area contributed by atoms with Gasteiger partial charge in [-0.25, -0.2) is 4.98 Å². The fourth-order valence-corrected chi connectivity index (χ4v) is 7.16. The van der Waals surface area contributed by atoms with Crippen molar-refractivity contribution in [2.45, 2.75) is 51.5 Å². The van der Waals surface area contributed by atoms with Gasteiger partial charge in [-0.2, -0.15) is 0 Å². The minimum Gasteiger partial charge on any atom is -0.349 e. The van der Waals surface area contributed by atoms with Crippen LogP contribution < -0.4 is 5.32 Å². The van der Waals surface area contributed by atoms with Crippen LogP contribution in [0.3, 0.4) is 0 Å². The molecule has 7 rings (SSSR count). The van der Waals surface area contributed by atoms with Crippen molar-refractivity contribution >= 4 is 16.8 Å². The molecule has 4 bridgehead atoms. The van der Waals surface area contributed by atoms with Crippen molar-refractivity contribution in [3.05, 3.63) is 60.4 Å². The van der Waals surface area contributed by atoms with Crippen molar-refractivity contribution in [1.82, 2.24) is 15.3 Å². The van der Waals surface area contributed by atoms with Gasteiger partial charge >= 0.3 is 0 Å². The molecular weight excluding hydrogens is 382 g/mol. The molecule has 1 amide bonds. The Kier molecular flexibility index (Phi) is 4.38. The van der Waals surface area contributed by atoms with Crippen molar-refractivity contribution in [3.63, 3.8) is 0 Å². The molecule has 4 aliphatic carbocycles. The average Bonchev–Trinajstić information content (AvgIpc) is 2.78. The lowest BCUT2D eigenvalue weighted by Crippen LogP contribution is -2.55. The van der Waals surface area contributed by atoms with Gasteiger partial charge in [-0.05, 0) is 92.9 Å². The van der Waals surface area contributed by atoms with E-state index in [1.807, 2.05) is 42.5 Å². The molecule has 158 valence electrons. The molecule has 0 saturated heterocycles. The summed E-state index contributed by atoms with van der Waals surface area (Å²) < 4.78 is 0. The Morgan fingerprint density at radius 1 is 1.03 bits per heavy atom. The van der Waals surface area contributed by atoms with Gasteiger partial charge in [-0.1, -0.05) is 18.2 Å². The number of hydrogen-bond donors (Lipinski definition) is 1. The zero-order valence-corrected chi connectivity index (χ0v) is 18.1. The molecule has 2 aromatic heterocycles. The minimum atomic E-state index is 0.0204. The summed E-state index contributed by atoms with van der Waals surface area (Å²) in [5.41, 5.74) is 3.56. The van der Waals surface area contributed by atoms with E-state index in [1.165, 1.54) is 38.5 Å². The van der Waals surface area contributed by atoms with Crippen molar-refractivity contribution in [3.8, 4) is 11.3 Å². The molecule has 1 atom stereocenters. The highest BCUT2D eigenvalue weighted by atomic mass is 16.1. The largest absolute Gasteiger partial charge is 0.349 e. The van der Waals surface area contributed by atoms with E-state index in [4.69, 9.17) is 4.98 Å². The van der Waals surface area contributed by atoms with Crippen LogP contribution in [0.15, 0.2) is 54.9 Å². The van der Waals surface area contributed by atoms with Gasteiger partial charge in [0.05, 0.1) is 16.8 Å². The first-order valence-corrected chi connectivity index (χ1v) is 11.7. The van der Waals surface area contributed by atoms with Gasteiger partial charge in [0.1, 0.15) is 0 Å². The molecule has 3 aromatic rings. The Balaban J connectivity index is 1.34. The highest BCUT2D eigenvalue weighted by molar-refractivity contribution is 6.07. The molecule has 4 aliphatic rings. The first kappa shape index (κ1) is 19.0. The van der Waals surface area contributed by atoms with Crippen LogP contribution in [0.4, 0.5) is 0 Å². The average molecular weight is 412 g/mol. The van der Waals surface area contributed by atoms with Crippen LogP contribution in [0.25, 0.3) is 22.2 Å². The molecule has 1 N–H and O–H groups in total. The SMILES string of the molecule is C[C@@H](NC(=O)c1cc(-c2cccnc2)nc2ccccc12)C12CC3CC(CC(C3)C1)C2. The molecule has 2 heterocycles. The zero-order valence-electron chi connectivity index (χ0n) is 18.1. The molecule has 0 aliphatic heterocycles. The van der Waals surface area contributed by atoms with Crippen molar-refractivity contribution in [1.29, 1.82) is 0 Å². The van der Waals surface area contributed by atoms with Crippen molar-refractivity contribution in [2.75, 3.05) is 0 Å². The van der Waals surface area contributed by atoms with Crippen LogP contribution in [0.1, 0.15) is 55.8 Å². The Hall–Kier alpha value is -2.75. The van der Waals surface area contributed by atoms with Gasteiger partial charge in [-0.3, -0.25) is 9.78 Å². The van der Waals surface area contributed by atoms with E-state index in [2.05, 4.69) is 17.2 Å². The number of carbonyl (C=O) groups excluding carboxylic acids is 1. The lowest BCUT2D eigenvalue weighted by molar-refractivity contribution is -0.0687. The predicted octanol–water partition coefficient (Wildman–Crippen LogP) is 5.63. The quantitative estimate of drug-likeness (QED) is 0.605. The van der Waals surface area contributed by atoms with Gasteiger partial charge in [0.2, 0.25) is 0 Å². The molecule has 4 nitrogen and oxygen atoms in total. The molecular formula is C27H29N3O. The molecule has 31 heavy (non-hydrogen) atoms. The second kappa shape index (κ2) is 7.15. The van der Waals surface area contributed by atoms with Crippen LogP contribution in [0, 0.1) is 23.2 Å². The number of benzene rings is 1. The maximum atomic E-state index is 13.6. The fourth-order valence-electron chi connectivity index (χ4n) is 7.16. The van der Waals surface area contributed by atoms with Gasteiger partial charge in [0, 0.05) is 29.4 Å². The number of hydrogen-bond acceptors (Lipinski definition) is 3. The Morgan fingerprint density at radius 2 is 1.74 bits per heavy atom. The molecule has 4 fully saturated rings. The zero-order chi connectivity index (χ0) is 21.0. The monoisotopic (exact) mass is 411 g/mol. The standard InChI is InChI=1S/C27H29N3O/c1-17(27-13-18-9-19(14-27)11-20(10-18)15-27)29-26(31)23-12-25(21-5-4-8-28-16-21)30-24-7-3-2-6-22(23)24/h2-8,12,16-20H,9-11,13-15H2,1H3,(H,29,31)/t17-,18?,19?,20?,27?/m1/s1. The van der Waals surface area contributed by atoms with E-state index in [-0.39, 0.29) is 11.9 Å². The third-order valence-corrected chi connectivity index (χ3v) is 8.27. The van der Waals surface area contributed by atoms with Crippen LogP contribution >= 0.6 is 0 Å². The number of carbonyl (C=O) groups is 1. The molecule has 4 heteroatoms. The number of pyridine rings is 2. The van der Waals surface area contributed by atoms with Gasteiger partial charge in [-0.15, -0.1) is 0 Å². The van der Waals surface area contributed by atoms with Crippen molar-refractivity contribution < 1.29 is 4.79 Å². The summed E-state index contributed by atoms with van der Waals surface area (Å²) in [5.74, 6) is 2.66. The number of nitrogens with zero attached hydrogens (tertiary/aromatic N) is 2. The summed E-state index contributed by atoms with van der Waals surface area (Å²) in [6.45, 7) is 2.25. The van der Waals surface area contributed by atoms with E-state index < -0.39 is 0 Å². The number of para-hydroxylation sites is 1. The van der Waals surface area contributed by atoms with E-state index in [0.29, 0.717) is 11.0 Å². The second-order valence-electron chi connectivity index (χ2n) is 10.3. The summed E-state index contributed by atoms with van der Waals surface area (Å²) >= 11 is 0. The van der Waals surface area contributed by atoms with Crippen LogP contribution in [-0.4, -0.2) is 21.9 Å². The first-order chi connectivity index (χ1) is 15.1. The highest BCUT2D eigenvalue weighted by Gasteiger charge is 2.53. The summed E-state index contributed by atoms with van der Waals surface area (Å²) in [6.07, 6.45) is 11.7. The molecule has 0 unspecified atom stereocenters. The fraction of sp³-hybridized carbons (Fsp3) is 0.444. The molecule has 4 saturated carbocycles. The number of rotatable bonds is 4. The molecule has 1 aromatic carbocycles. The summed E-state index contributed by atoms with van der Waals surface area (Å²) in [7, 11) is 0. The third kappa shape index (κ3) is 3.24. The molecule has 0 spiro atoms. The lowest BCUT2D eigenvalue weighted by Gasteiger charge is -2.59. The third-order valence-electron chi connectivity index (χ3n) is 8.27. The number of amides is 1. The topological polar surface area (TPSA) is 54.9 Å². The Labute approximate surface area is 183 Å². The van der Waals surface area contributed by atoms with E-state index in [9.17, 15) is 4.79 Å². The van der Waals surface area contributed by atoms with E-state index in [0.717, 1.165) is 39.9 Å². The van der Waals surface area contributed by atoms with Gasteiger partial charge < -0.3 is 5.32 Å². The molecule has 0 radical (unpaired) electrons. The lowest BCUT2D eigenvalue weighted by atomic mass is 9.48. The van der Waals surface area contributed by atoms with E-state index in [1.54, 1.807) is 12.4 Å². The summed E-state index contributed by atoms with van der Waals surface area (Å²) in [4.78, 5) is 22.6. The Morgan fingerprint density at radius 3 is 2.42 bits per heavy atom. The van der Waals surface area contributed by atoms with Crippen LogP contribution in [-0.2, 0) is 0 Å². The van der Waals surface area contributed by atoms with E-state index >= 15 is 0 Å². The van der Waals surface area contributed by atoms with Crippen LogP contribution in [0.5, 0.6) is 0 Å². The van der Waals surface area contributed by atoms with Crippen LogP contribution in [0.2, 0.25) is 0 Å². The maximum Gasteiger partial charge on any atom is 0.252 e. The predicted molar refractivity (Wildman–Crippen MR) is 123 cm³/mol. The highest BCUT2D eigenvalue weighted by Crippen LogP contribution is 2.61. The summed E-state index contributed by atoms with van der Waals surface area (Å²) in [5, 5.41) is 4.35. The number of fused-ring (bicyclic) bond motifs is 1. The van der Waals surface area contributed by atoms with Gasteiger partial charge in [0.25, 0.3) is 5.91 Å². The second-order valence-corrected chi connectivity index (χ2v) is 10.3. The summed E-state index contributed by atoms with van der Waals surface area (Å²) in [6, 6.07) is 14.0. The Bertz CT molecular complexity index is 1100. The normalized spacial score (nSPS) is 29.8. The smallest absolute Gasteiger partial charge is 0.252 e. The number of nitrogens with one attached hydrogen (secondary N) is 1. The number of aromatic nitrogens is 2. The first-order valence-electron chi connectivity index (χ1n) is 11.7.